The molecule has 0 radical (unpaired) electrons. The molecule has 24 heavy (non-hydrogen) atoms. The molecule has 3 N–H and O–H groups in total. The molecular formula is C16H24N6O2. The molecule has 2 atom stereocenters. The van der Waals surface area contributed by atoms with E-state index in [-0.39, 0.29) is 12.1 Å². The van der Waals surface area contributed by atoms with Crippen molar-refractivity contribution in [3.8, 4) is 0 Å². The van der Waals surface area contributed by atoms with Crippen molar-refractivity contribution in [1.29, 1.82) is 0 Å². The van der Waals surface area contributed by atoms with Crippen LogP contribution in [-0.4, -0.2) is 45.3 Å². The normalized spacial score (nSPS) is 18.5. The summed E-state index contributed by atoms with van der Waals surface area (Å²) in [5, 5.41) is 17.2. The quantitative estimate of drug-likeness (QED) is 0.750. The van der Waals surface area contributed by atoms with E-state index in [4.69, 9.17) is 4.74 Å². The molecule has 0 aliphatic carbocycles. The predicted molar refractivity (Wildman–Crippen MR) is 89.8 cm³/mol. The first-order valence-corrected chi connectivity index (χ1v) is 8.28. The number of hydrogen-bond donors (Lipinski definition) is 3. The second-order valence-electron chi connectivity index (χ2n) is 6.37. The molecule has 1 fully saturated rings. The van der Waals surface area contributed by atoms with Crippen LogP contribution in [0.4, 0.5) is 10.6 Å². The SMILES string of the molecule is Cc1cc(C[C@@H](C)NC(=O)Nc2ccnn2C[C@H]2CCOC2)n[nH]1. The van der Waals surface area contributed by atoms with Crippen LogP contribution in [0.1, 0.15) is 24.7 Å². The highest BCUT2D eigenvalue weighted by Crippen LogP contribution is 2.17. The molecule has 2 aromatic rings. The largest absolute Gasteiger partial charge is 0.381 e. The zero-order valence-corrected chi connectivity index (χ0v) is 14.1. The molecule has 0 aromatic carbocycles. The molecule has 2 amide bonds. The Labute approximate surface area is 141 Å². The molecule has 3 rings (SSSR count). The number of nitrogens with one attached hydrogen (secondary N) is 3. The summed E-state index contributed by atoms with van der Waals surface area (Å²) in [6.45, 7) is 6.23. The number of amides is 2. The third kappa shape index (κ3) is 4.35. The first-order chi connectivity index (χ1) is 11.6. The van der Waals surface area contributed by atoms with E-state index in [1.807, 2.05) is 24.6 Å². The van der Waals surface area contributed by atoms with Gasteiger partial charge in [0, 0.05) is 43.3 Å². The first-order valence-electron chi connectivity index (χ1n) is 8.28. The summed E-state index contributed by atoms with van der Waals surface area (Å²) >= 11 is 0. The van der Waals surface area contributed by atoms with E-state index >= 15 is 0 Å². The Balaban J connectivity index is 1.50. The number of aryl methyl sites for hydroxylation is 1. The number of carbonyl (C=O) groups excluding carboxylic acids is 1. The van der Waals surface area contributed by atoms with Gasteiger partial charge in [-0.1, -0.05) is 0 Å². The number of rotatable bonds is 6. The number of carbonyl (C=O) groups is 1. The minimum Gasteiger partial charge on any atom is -0.381 e. The van der Waals surface area contributed by atoms with Gasteiger partial charge in [-0.05, 0) is 26.3 Å². The van der Waals surface area contributed by atoms with Crippen molar-refractivity contribution in [2.75, 3.05) is 18.5 Å². The van der Waals surface area contributed by atoms with Crippen LogP contribution in [0.3, 0.4) is 0 Å². The average molecular weight is 332 g/mol. The van der Waals surface area contributed by atoms with Gasteiger partial charge in [0.05, 0.1) is 18.5 Å². The highest BCUT2D eigenvalue weighted by atomic mass is 16.5. The lowest BCUT2D eigenvalue weighted by Crippen LogP contribution is -2.38. The van der Waals surface area contributed by atoms with Gasteiger partial charge in [-0.2, -0.15) is 10.2 Å². The van der Waals surface area contributed by atoms with Crippen LogP contribution in [0.2, 0.25) is 0 Å². The third-order valence-corrected chi connectivity index (χ3v) is 4.07. The molecular weight excluding hydrogens is 308 g/mol. The van der Waals surface area contributed by atoms with Crippen molar-refractivity contribution in [3.63, 3.8) is 0 Å². The summed E-state index contributed by atoms with van der Waals surface area (Å²) in [5.74, 6) is 1.15. The number of hydrogen-bond acceptors (Lipinski definition) is 4. The molecule has 2 aromatic heterocycles. The number of nitrogens with zero attached hydrogens (tertiary/aromatic N) is 3. The summed E-state index contributed by atoms with van der Waals surface area (Å²) in [7, 11) is 0. The maximum absolute atomic E-state index is 12.2. The molecule has 1 saturated heterocycles. The standard InChI is InChI=1S/C16H24N6O2/c1-11(7-14-8-12(2)20-21-14)18-16(23)19-15-3-5-17-22(15)9-13-4-6-24-10-13/h3,5,8,11,13H,4,6-7,9-10H2,1-2H3,(H,20,21)(H2,18,19,23)/t11-,13-/m1/s1. The van der Waals surface area contributed by atoms with E-state index in [0.29, 0.717) is 18.2 Å². The number of anilines is 1. The zero-order chi connectivity index (χ0) is 16.9. The Hall–Kier alpha value is -2.35. The molecule has 130 valence electrons. The van der Waals surface area contributed by atoms with Crippen LogP contribution >= 0.6 is 0 Å². The summed E-state index contributed by atoms with van der Waals surface area (Å²) < 4.78 is 7.21. The van der Waals surface area contributed by atoms with Crippen LogP contribution < -0.4 is 10.6 Å². The second kappa shape index (κ2) is 7.48. The average Bonchev–Trinajstić information content (AvgIpc) is 3.24. The summed E-state index contributed by atoms with van der Waals surface area (Å²) in [6.07, 6.45) is 3.41. The molecule has 3 heterocycles. The minimum atomic E-state index is -0.237. The van der Waals surface area contributed by atoms with Gasteiger partial charge in [0.25, 0.3) is 0 Å². The Kier molecular flexibility index (Phi) is 5.14. The van der Waals surface area contributed by atoms with Gasteiger partial charge >= 0.3 is 6.03 Å². The van der Waals surface area contributed by atoms with Gasteiger partial charge in [-0.25, -0.2) is 9.48 Å². The van der Waals surface area contributed by atoms with Crippen LogP contribution in [0, 0.1) is 12.8 Å². The van der Waals surface area contributed by atoms with E-state index in [9.17, 15) is 4.79 Å². The van der Waals surface area contributed by atoms with Gasteiger partial charge in [-0.15, -0.1) is 0 Å². The molecule has 8 heteroatoms. The molecule has 1 aliphatic rings. The van der Waals surface area contributed by atoms with Crippen LogP contribution in [0.5, 0.6) is 0 Å². The Bertz CT molecular complexity index is 674. The van der Waals surface area contributed by atoms with Crippen molar-refractivity contribution in [2.45, 2.75) is 39.3 Å². The monoisotopic (exact) mass is 332 g/mol. The lowest BCUT2D eigenvalue weighted by atomic mass is 10.1. The van der Waals surface area contributed by atoms with Gasteiger partial charge in [-0.3, -0.25) is 10.4 Å². The molecule has 0 bridgehead atoms. The molecule has 8 nitrogen and oxygen atoms in total. The number of aromatic nitrogens is 4. The highest BCUT2D eigenvalue weighted by Gasteiger charge is 2.18. The van der Waals surface area contributed by atoms with Crippen molar-refractivity contribution in [3.05, 3.63) is 29.7 Å². The van der Waals surface area contributed by atoms with Gasteiger partial charge in [0.1, 0.15) is 5.82 Å². The van der Waals surface area contributed by atoms with E-state index in [1.54, 1.807) is 12.3 Å². The van der Waals surface area contributed by atoms with Crippen LogP contribution in [0.25, 0.3) is 0 Å². The van der Waals surface area contributed by atoms with Gasteiger partial charge in [0.15, 0.2) is 0 Å². The van der Waals surface area contributed by atoms with Crippen LogP contribution in [0.15, 0.2) is 18.3 Å². The van der Waals surface area contributed by atoms with E-state index in [1.165, 1.54) is 0 Å². The fourth-order valence-corrected chi connectivity index (χ4v) is 2.88. The number of aromatic amines is 1. The Morgan fingerprint density at radius 3 is 3.17 bits per heavy atom. The lowest BCUT2D eigenvalue weighted by molar-refractivity contribution is 0.181. The topological polar surface area (TPSA) is 96.9 Å². The second-order valence-corrected chi connectivity index (χ2v) is 6.37. The van der Waals surface area contributed by atoms with Crippen molar-refractivity contribution >= 4 is 11.8 Å². The molecule has 0 saturated carbocycles. The Morgan fingerprint density at radius 1 is 1.58 bits per heavy atom. The summed E-state index contributed by atoms with van der Waals surface area (Å²) in [6, 6.07) is 3.53. The smallest absolute Gasteiger partial charge is 0.320 e. The van der Waals surface area contributed by atoms with Crippen molar-refractivity contribution in [1.82, 2.24) is 25.3 Å². The van der Waals surface area contributed by atoms with E-state index in [2.05, 4.69) is 25.9 Å². The molecule has 0 unspecified atom stereocenters. The van der Waals surface area contributed by atoms with Crippen LogP contribution in [-0.2, 0) is 17.7 Å². The van der Waals surface area contributed by atoms with E-state index < -0.39 is 0 Å². The maximum atomic E-state index is 12.2. The zero-order valence-electron chi connectivity index (χ0n) is 14.1. The van der Waals surface area contributed by atoms with Gasteiger partial charge < -0.3 is 10.1 Å². The fourth-order valence-electron chi connectivity index (χ4n) is 2.88. The number of ether oxygens (including phenoxy) is 1. The maximum Gasteiger partial charge on any atom is 0.320 e. The summed E-state index contributed by atoms with van der Waals surface area (Å²) in [5.41, 5.74) is 1.95. The highest BCUT2D eigenvalue weighted by molar-refractivity contribution is 5.88. The van der Waals surface area contributed by atoms with E-state index in [0.717, 1.165) is 37.6 Å². The van der Waals surface area contributed by atoms with Crippen molar-refractivity contribution in [2.24, 2.45) is 5.92 Å². The third-order valence-electron chi connectivity index (χ3n) is 4.07. The predicted octanol–water partition coefficient (Wildman–Crippen LogP) is 1.70. The fraction of sp³-hybridized carbons (Fsp3) is 0.562. The first kappa shape index (κ1) is 16.5. The molecule has 0 spiro atoms. The molecule has 1 aliphatic heterocycles. The number of H-pyrrole nitrogens is 1. The minimum absolute atomic E-state index is 0.0210. The summed E-state index contributed by atoms with van der Waals surface area (Å²) in [4.78, 5) is 12.2. The lowest BCUT2D eigenvalue weighted by Gasteiger charge is -2.15. The van der Waals surface area contributed by atoms with Gasteiger partial charge in [0.2, 0.25) is 0 Å². The Morgan fingerprint density at radius 2 is 2.46 bits per heavy atom. The number of urea groups is 1. The van der Waals surface area contributed by atoms with Crippen molar-refractivity contribution < 1.29 is 9.53 Å².